The minimum atomic E-state index is -1.40. The van der Waals surface area contributed by atoms with Gasteiger partial charge in [0.2, 0.25) is 0 Å². The highest BCUT2D eigenvalue weighted by Crippen LogP contribution is 2.44. The van der Waals surface area contributed by atoms with E-state index in [4.69, 9.17) is 9.47 Å². The van der Waals surface area contributed by atoms with E-state index >= 15 is 0 Å². The van der Waals surface area contributed by atoms with Crippen LogP contribution in [0.2, 0.25) is 0 Å². The highest BCUT2D eigenvalue weighted by molar-refractivity contribution is 5.91. The Morgan fingerprint density at radius 3 is 2.21 bits per heavy atom. The average molecular weight is 462 g/mol. The minimum absolute atomic E-state index is 0.0800. The number of carbonyl (C=O) groups is 2. The van der Waals surface area contributed by atoms with Gasteiger partial charge in [-0.1, -0.05) is 66.2 Å². The molecule has 3 aromatic rings. The molecule has 3 aromatic carbocycles. The van der Waals surface area contributed by atoms with Gasteiger partial charge in [0, 0.05) is 12.5 Å². The summed E-state index contributed by atoms with van der Waals surface area (Å²) >= 11 is 0. The number of nitrogens with one attached hydrogen (secondary N) is 1. The lowest BCUT2D eigenvalue weighted by molar-refractivity contribution is 0.0172. The maximum atomic E-state index is 12.4. The van der Waals surface area contributed by atoms with Gasteiger partial charge in [0.15, 0.2) is 0 Å². The summed E-state index contributed by atoms with van der Waals surface area (Å²) in [7, 11) is 1.24. The molecule has 0 saturated carbocycles. The Bertz CT molecular complexity index is 1160. The number of fused-ring (bicyclic) bond motifs is 3. The van der Waals surface area contributed by atoms with Gasteiger partial charge in [-0.15, -0.1) is 0 Å². The number of ether oxygens (including phenoxy) is 2. The molecule has 7 nitrogen and oxygen atoms in total. The van der Waals surface area contributed by atoms with E-state index in [2.05, 4.69) is 17.4 Å². The van der Waals surface area contributed by atoms with Crippen molar-refractivity contribution in [2.24, 2.45) is 0 Å². The number of alkyl carbamates (subject to hydrolysis) is 1. The summed E-state index contributed by atoms with van der Waals surface area (Å²) in [6, 6.07) is 20.9. The summed E-state index contributed by atoms with van der Waals surface area (Å²) < 4.78 is 10.2. The highest BCUT2D eigenvalue weighted by atomic mass is 16.5. The van der Waals surface area contributed by atoms with Crippen LogP contribution >= 0.6 is 0 Å². The molecule has 0 heterocycles. The molecule has 4 rings (SSSR count). The van der Waals surface area contributed by atoms with E-state index in [0.717, 1.165) is 27.8 Å². The number of aliphatic hydroxyl groups excluding tert-OH is 2. The molecular weight excluding hydrogens is 434 g/mol. The van der Waals surface area contributed by atoms with E-state index < -0.39 is 24.3 Å². The third-order valence-electron chi connectivity index (χ3n) is 6.09. The molecule has 176 valence electrons. The fraction of sp³-hybridized carbons (Fsp3) is 0.259. The molecular formula is C27H27NO6. The fourth-order valence-electron chi connectivity index (χ4n) is 4.38. The number of aliphatic hydroxyl groups is 2. The van der Waals surface area contributed by atoms with Gasteiger partial charge in [-0.2, -0.15) is 0 Å². The lowest BCUT2D eigenvalue weighted by atomic mass is 9.96. The van der Waals surface area contributed by atoms with Crippen molar-refractivity contribution < 1.29 is 29.3 Å². The van der Waals surface area contributed by atoms with Gasteiger partial charge in [-0.3, -0.25) is 0 Å². The number of esters is 1. The Morgan fingerprint density at radius 2 is 1.59 bits per heavy atom. The fourth-order valence-corrected chi connectivity index (χ4v) is 4.38. The van der Waals surface area contributed by atoms with Crippen LogP contribution in [0.1, 0.15) is 44.6 Å². The second-order valence-electron chi connectivity index (χ2n) is 8.30. The van der Waals surface area contributed by atoms with Crippen LogP contribution in [0.4, 0.5) is 4.79 Å². The molecule has 0 bridgehead atoms. The van der Waals surface area contributed by atoms with Crippen molar-refractivity contribution in [3.8, 4) is 11.1 Å². The van der Waals surface area contributed by atoms with Crippen molar-refractivity contribution in [3.63, 3.8) is 0 Å². The topological polar surface area (TPSA) is 105 Å². The summed E-state index contributed by atoms with van der Waals surface area (Å²) in [4.78, 5) is 24.4. The Hall–Kier alpha value is -3.68. The van der Waals surface area contributed by atoms with Crippen LogP contribution in [-0.2, 0) is 9.47 Å². The molecule has 7 heteroatoms. The van der Waals surface area contributed by atoms with Gasteiger partial charge in [0.05, 0.1) is 12.7 Å². The summed E-state index contributed by atoms with van der Waals surface area (Å²) in [6.45, 7) is 1.69. The van der Waals surface area contributed by atoms with Crippen LogP contribution in [0.15, 0.2) is 66.7 Å². The zero-order valence-corrected chi connectivity index (χ0v) is 19.0. The third kappa shape index (κ3) is 4.66. The molecule has 2 unspecified atom stereocenters. The number of rotatable bonds is 7. The van der Waals surface area contributed by atoms with Crippen molar-refractivity contribution in [2.45, 2.75) is 25.0 Å². The van der Waals surface area contributed by atoms with Gasteiger partial charge >= 0.3 is 12.1 Å². The molecule has 1 aliphatic rings. The van der Waals surface area contributed by atoms with Gasteiger partial charge in [0.1, 0.15) is 18.8 Å². The predicted octanol–water partition coefficient (Wildman–Crippen LogP) is 3.71. The Balaban J connectivity index is 1.37. The van der Waals surface area contributed by atoms with Crippen LogP contribution in [0.5, 0.6) is 0 Å². The standard InChI is InChI=1S/C27H27NO6/c1-16-11-12-21(26(31)33-2)22(13-16)25(30)24(29)14-28-27(32)34-15-23-19-9-5-3-7-17(19)18-8-4-6-10-20(18)23/h3-13,23-25,29-30H,14-15H2,1-2H3,(H,28,32). The molecule has 0 aliphatic heterocycles. The Labute approximate surface area is 198 Å². The Kier molecular flexibility index (Phi) is 6.95. The number of carbonyl (C=O) groups excluding carboxylic acids is 2. The SMILES string of the molecule is COC(=O)c1ccc(C)cc1C(O)C(O)CNC(=O)OCC1c2ccccc2-c2ccccc21. The van der Waals surface area contributed by atoms with E-state index in [1.165, 1.54) is 13.2 Å². The van der Waals surface area contributed by atoms with Crippen molar-refractivity contribution in [1.29, 1.82) is 0 Å². The average Bonchev–Trinajstić information content (AvgIpc) is 3.18. The normalized spacial score (nSPS) is 14.0. The van der Waals surface area contributed by atoms with Gasteiger partial charge < -0.3 is 25.0 Å². The summed E-state index contributed by atoms with van der Waals surface area (Å²) in [6.07, 6.45) is -3.46. The summed E-state index contributed by atoms with van der Waals surface area (Å²) in [5.74, 6) is -0.700. The smallest absolute Gasteiger partial charge is 0.407 e. The van der Waals surface area contributed by atoms with E-state index in [0.29, 0.717) is 0 Å². The van der Waals surface area contributed by atoms with Crippen LogP contribution in [-0.4, -0.2) is 48.6 Å². The maximum absolute atomic E-state index is 12.4. The van der Waals surface area contributed by atoms with E-state index in [-0.39, 0.29) is 30.2 Å². The molecule has 0 saturated heterocycles. The number of aryl methyl sites for hydroxylation is 1. The van der Waals surface area contributed by atoms with Crippen molar-refractivity contribution in [3.05, 3.63) is 94.5 Å². The number of hydrogen-bond donors (Lipinski definition) is 3. The quantitative estimate of drug-likeness (QED) is 0.463. The molecule has 2 atom stereocenters. The van der Waals surface area contributed by atoms with E-state index in [9.17, 15) is 19.8 Å². The number of benzene rings is 3. The number of amides is 1. The van der Waals surface area contributed by atoms with Crippen molar-refractivity contribution in [1.82, 2.24) is 5.32 Å². The van der Waals surface area contributed by atoms with E-state index in [1.807, 2.05) is 36.4 Å². The van der Waals surface area contributed by atoms with Gasteiger partial charge in [-0.25, -0.2) is 9.59 Å². The van der Waals surface area contributed by atoms with Crippen molar-refractivity contribution >= 4 is 12.1 Å². The molecule has 1 amide bonds. The summed E-state index contributed by atoms with van der Waals surface area (Å²) in [5, 5.41) is 23.6. The van der Waals surface area contributed by atoms with Crippen LogP contribution < -0.4 is 5.32 Å². The second kappa shape index (κ2) is 10.1. The first kappa shape index (κ1) is 23.5. The number of hydrogen-bond acceptors (Lipinski definition) is 6. The molecule has 0 spiro atoms. The van der Waals surface area contributed by atoms with Crippen LogP contribution in [0.3, 0.4) is 0 Å². The molecule has 34 heavy (non-hydrogen) atoms. The monoisotopic (exact) mass is 461 g/mol. The second-order valence-corrected chi connectivity index (χ2v) is 8.30. The maximum Gasteiger partial charge on any atom is 0.407 e. The first-order valence-electron chi connectivity index (χ1n) is 11.0. The third-order valence-corrected chi connectivity index (χ3v) is 6.09. The Morgan fingerprint density at radius 1 is 0.971 bits per heavy atom. The molecule has 0 fully saturated rings. The largest absolute Gasteiger partial charge is 0.465 e. The van der Waals surface area contributed by atoms with Gasteiger partial charge in [0.25, 0.3) is 0 Å². The summed E-state index contributed by atoms with van der Waals surface area (Å²) in [5.41, 5.74) is 5.65. The van der Waals surface area contributed by atoms with Gasteiger partial charge in [-0.05, 0) is 40.8 Å². The van der Waals surface area contributed by atoms with E-state index in [1.54, 1.807) is 19.1 Å². The first-order valence-corrected chi connectivity index (χ1v) is 11.0. The lowest BCUT2D eigenvalue weighted by Crippen LogP contribution is -2.36. The zero-order valence-electron chi connectivity index (χ0n) is 19.0. The molecule has 0 aromatic heterocycles. The van der Waals surface area contributed by atoms with Crippen molar-refractivity contribution in [2.75, 3.05) is 20.3 Å². The molecule has 3 N–H and O–H groups in total. The van der Waals surface area contributed by atoms with Crippen LogP contribution in [0.25, 0.3) is 11.1 Å². The number of methoxy groups -OCH3 is 1. The predicted molar refractivity (Wildman–Crippen MR) is 127 cm³/mol. The molecule has 1 aliphatic carbocycles. The minimum Gasteiger partial charge on any atom is -0.465 e. The first-order chi connectivity index (χ1) is 16.4. The lowest BCUT2D eigenvalue weighted by Gasteiger charge is -2.21. The zero-order chi connectivity index (χ0) is 24.2. The molecule has 0 radical (unpaired) electrons. The highest BCUT2D eigenvalue weighted by Gasteiger charge is 2.29. The van der Waals surface area contributed by atoms with Crippen LogP contribution in [0, 0.1) is 6.92 Å².